The third kappa shape index (κ3) is 4.20. The Bertz CT molecular complexity index is 1110. The minimum Gasteiger partial charge on any atom is -0.328 e. The Labute approximate surface area is 181 Å². The Morgan fingerprint density at radius 3 is 2.48 bits per heavy atom. The molecule has 1 atom stereocenters. The first-order valence-corrected chi connectivity index (χ1v) is 11.6. The van der Waals surface area contributed by atoms with Crippen LogP contribution in [-0.4, -0.2) is 66.6 Å². The topological polar surface area (TPSA) is 78.0 Å². The zero-order valence-electron chi connectivity index (χ0n) is 17.2. The second-order valence-electron chi connectivity index (χ2n) is 7.89. The molecular weight excluding hydrogens is 421 g/mol. The molecule has 0 aromatic heterocycles. The summed E-state index contributed by atoms with van der Waals surface area (Å²) in [5.41, 5.74) is 1.18. The molecular formula is C22H24FN3O4S. The Morgan fingerprint density at radius 2 is 1.77 bits per heavy atom. The Hall–Kier alpha value is -2.78. The van der Waals surface area contributed by atoms with Crippen molar-refractivity contribution in [2.24, 2.45) is 0 Å². The van der Waals surface area contributed by atoms with E-state index >= 15 is 0 Å². The molecule has 7 nitrogen and oxygen atoms in total. The number of benzene rings is 2. The maximum atomic E-state index is 13.6. The van der Waals surface area contributed by atoms with Crippen LogP contribution in [0.15, 0.2) is 53.4 Å². The number of carbonyl (C=O) groups is 2. The summed E-state index contributed by atoms with van der Waals surface area (Å²) in [7, 11) is -3.86. The van der Waals surface area contributed by atoms with Crippen LogP contribution < -0.4 is 0 Å². The van der Waals surface area contributed by atoms with E-state index in [1.165, 1.54) is 33.2 Å². The first kappa shape index (κ1) is 21.5. The molecule has 1 unspecified atom stereocenters. The number of fused-ring (bicyclic) bond motifs is 1. The molecule has 2 saturated heterocycles. The number of hydrogen-bond acceptors (Lipinski definition) is 4. The highest BCUT2D eigenvalue weighted by molar-refractivity contribution is 7.89. The molecule has 9 heteroatoms. The van der Waals surface area contributed by atoms with Crippen molar-refractivity contribution in [1.82, 2.24) is 14.1 Å². The van der Waals surface area contributed by atoms with Crippen LogP contribution in [0.25, 0.3) is 0 Å². The van der Waals surface area contributed by atoms with Gasteiger partial charge in [-0.05, 0) is 42.7 Å². The summed E-state index contributed by atoms with van der Waals surface area (Å²) >= 11 is 0. The molecule has 0 radical (unpaired) electrons. The highest BCUT2D eigenvalue weighted by Crippen LogP contribution is 2.25. The van der Waals surface area contributed by atoms with Gasteiger partial charge >= 0.3 is 0 Å². The van der Waals surface area contributed by atoms with Gasteiger partial charge in [-0.15, -0.1) is 0 Å². The lowest BCUT2D eigenvalue weighted by Crippen LogP contribution is -2.59. The van der Waals surface area contributed by atoms with Crippen molar-refractivity contribution in [3.63, 3.8) is 0 Å². The fraction of sp³-hybridized carbons (Fsp3) is 0.364. The summed E-state index contributed by atoms with van der Waals surface area (Å²) in [6.45, 7) is 2.18. The van der Waals surface area contributed by atoms with E-state index in [0.717, 1.165) is 11.6 Å². The molecule has 2 amide bonds. The monoisotopic (exact) mass is 445 g/mol. The molecule has 2 aliphatic rings. The number of rotatable bonds is 4. The zero-order valence-corrected chi connectivity index (χ0v) is 18.0. The van der Waals surface area contributed by atoms with Gasteiger partial charge in [-0.1, -0.05) is 30.3 Å². The van der Waals surface area contributed by atoms with Crippen molar-refractivity contribution in [3.05, 3.63) is 65.5 Å². The smallest absolute Gasteiger partial charge is 0.246 e. The first-order valence-electron chi connectivity index (χ1n) is 10.2. The maximum absolute atomic E-state index is 13.6. The summed E-state index contributed by atoms with van der Waals surface area (Å²) in [4.78, 5) is 28.9. The van der Waals surface area contributed by atoms with Crippen LogP contribution in [0.2, 0.25) is 0 Å². The summed E-state index contributed by atoms with van der Waals surface area (Å²) in [6.07, 6.45) is 0.218. The van der Waals surface area contributed by atoms with Crippen molar-refractivity contribution < 1.29 is 22.4 Å². The lowest BCUT2D eigenvalue weighted by atomic mass is 10.1. The van der Waals surface area contributed by atoms with Crippen LogP contribution >= 0.6 is 0 Å². The highest BCUT2D eigenvalue weighted by Gasteiger charge is 2.42. The van der Waals surface area contributed by atoms with Crippen LogP contribution in [0.5, 0.6) is 0 Å². The van der Waals surface area contributed by atoms with Gasteiger partial charge in [0.25, 0.3) is 0 Å². The molecule has 0 saturated carbocycles. The van der Waals surface area contributed by atoms with E-state index < -0.39 is 21.9 Å². The molecule has 2 aromatic rings. The van der Waals surface area contributed by atoms with Gasteiger partial charge in [-0.2, -0.15) is 4.31 Å². The van der Waals surface area contributed by atoms with E-state index in [0.29, 0.717) is 6.54 Å². The fourth-order valence-corrected chi connectivity index (χ4v) is 5.64. The summed E-state index contributed by atoms with van der Waals surface area (Å²) in [6, 6.07) is 12.4. The normalized spacial score (nSPS) is 20.5. The summed E-state index contributed by atoms with van der Waals surface area (Å²) in [5, 5.41) is 0. The molecule has 0 N–H and O–H groups in total. The van der Waals surface area contributed by atoms with E-state index in [9.17, 15) is 22.4 Å². The van der Waals surface area contributed by atoms with Gasteiger partial charge < -0.3 is 9.80 Å². The van der Waals surface area contributed by atoms with Gasteiger partial charge in [0.1, 0.15) is 18.4 Å². The average Bonchev–Trinajstić information content (AvgIpc) is 2.99. The number of halogens is 1. The number of amides is 2. The van der Waals surface area contributed by atoms with E-state index in [1.807, 2.05) is 30.3 Å². The van der Waals surface area contributed by atoms with Gasteiger partial charge in [-0.25, -0.2) is 12.8 Å². The van der Waals surface area contributed by atoms with Crippen molar-refractivity contribution in [1.29, 1.82) is 0 Å². The second kappa shape index (κ2) is 8.39. The Balaban J connectivity index is 1.52. The molecule has 0 bridgehead atoms. The van der Waals surface area contributed by atoms with Crippen LogP contribution in [0.1, 0.15) is 17.5 Å². The van der Waals surface area contributed by atoms with Gasteiger partial charge in [0, 0.05) is 26.2 Å². The van der Waals surface area contributed by atoms with Gasteiger partial charge in [0.2, 0.25) is 21.8 Å². The van der Waals surface area contributed by atoms with Crippen LogP contribution in [-0.2, 0) is 26.2 Å². The highest BCUT2D eigenvalue weighted by atomic mass is 32.2. The van der Waals surface area contributed by atoms with E-state index in [2.05, 4.69) is 0 Å². The first-order chi connectivity index (χ1) is 14.8. The predicted octanol–water partition coefficient (Wildman–Crippen LogP) is 1.77. The lowest BCUT2D eigenvalue weighted by molar-refractivity contribution is -0.156. The van der Waals surface area contributed by atoms with E-state index in [-0.39, 0.29) is 54.9 Å². The number of piperazine rings is 1. The van der Waals surface area contributed by atoms with Crippen LogP contribution in [0, 0.1) is 12.7 Å². The third-order valence-electron chi connectivity index (χ3n) is 5.85. The van der Waals surface area contributed by atoms with Crippen LogP contribution in [0.4, 0.5) is 4.39 Å². The van der Waals surface area contributed by atoms with Crippen LogP contribution in [0.3, 0.4) is 0 Å². The zero-order chi connectivity index (χ0) is 22.2. The minimum atomic E-state index is -3.86. The molecule has 2 fully saturated rings. The SMILES string of the molecule is Cc1cc(S(=O)(=O)N2CCC3C(=O)N(Cc4ccccc4)CC(=O)N3CC2)ccc1F. The molecule has 2 aromatic carbocycles. The Morgan fingerprint density at radius 1 is 1.03 bits per heavy atom. The molecule has 2 aliphatic heterocycles. The summed E-state index contributed by atoms with van der Waals surface area (Å²) in [5.74, 6) is -0.820. The molecule has 0 aliphatic carbocycles. The Kier molecular flexibility index (Phi) is 5.81. The summed E-state index contributed by atoms with van der Waals surface area (Å²) < 4.78 is 41.0. The average molecular weight is 446 g/mol. The molecule has 0 spiro atoms. The molecule has 2 heterocycles. The van der Waals surface area contributed by atoms with Gasteiger partial charge in [0.05, 0.1) is 4.90 Å². The number of hydrogen-bond donors (Lipinski definition) is 0. The number of nitrogens with zero attached hydrogens (tertiary/aromatic N) is 3. The standard InChI is InChI=1S/C22H24FN3O4S/c1-16-13-18(7-8-19(16)23)31(29,30)25-10-9-20-22(28)24(14-17-5-3-2-4-6-17)15-21(27)26(20)12-11-25/h2-8,13,20H,9-12,14-15H2,1H3. The second-order valence-corrected chi connectivity index (χ2v) is 9.82. The minimum absolute atomic E-state index is 0.00892. The predicted molar refractivity (Wildman–Crippen MR) is 112 cm³/mol. The fourth-order valence-electron chi connectivity index (χ4n) is 4.11. The number of sulfonamides is 1. The van der Waals surface area contributed by atoms with E-state index in [4.69, 9.17) is 0 Å². The molecule has 4 rings (SSSR count). The largest absolute Gasteiger partial charge is 0.328 e. The van der Waals surface area contributed by atoms with Crippen molar-refractivity contribution in [3.8, 4) is 0 Å². The number of aryl methyl sites for hydroxylation is 1. The lowest BCUT2D eigenvalue weighted by Gasteiger charge is -2.39. The quantitative estimate of drug-likeness (QED) is 0.719. The van der Waals surface area contributed by atoms with Gasteiger partial charge in [0.15, 0.2) is 0 Å². The molecule has 31 heavy (non-hydrogen) atoms. The van der Waals surface area contributed by atoms with Crippen molar-refractivity contribution in [2.45, 2.75) is 30.8 Å². The maximum Gasteiger partial charge on any atom is 0.246 e. The number of carbonyl (C=O) groups excluding carboxylic acids is 2. The van der Waals surface area contributed by atoms with Crippen molar-refractivity contribution in [2.75, 3.05) is 26.2 Å². The molecule has 164 valence electrons. The third-order valence-corrected chi connectivity index (χ3v) is 7.74. The van der Waals surface area contributed by atoms with Gasteiger partial charge in [-0.3, -0.25) is 9.59 Å². The van der Waals surface area contributed by atoms with E-state index in [1.54, 1.807) is 0 Å². The van der Waals surface area contributed by atoms with Crippen molar-refractivity contribution >= 4 is 21.8 Å².